The number of ether oxygens (including phenoxy) is 1. The topological polar surface area (TPSA) is 84.8 Å². The van der Waals surface area contributed by atoms with Crippen molar-refractivity contribution in [2.75, 3.05) is 12.4 Å². The molecule has 3 heterocycles. The predicted molar refractivity (Wildman–Crippen MR) is 110 cm³/mol. The molecule has 8 heteroatoms. The molecule has 0 spiro atoms. The number of imidazole rings is 1. The Morgan fingerprint density at radius 2 is 2.11 bits per heavy atom. The quantitative estimate of drug-likeness (QED) is 0.534. The summed E-state index contributed by atoms with van der Waals surface area (Å²) in [5.74, 6) is 1.18. The second kappa shape index (κ2) is 7.36. The van der Waals surface area contributed by atoms with E-state index in [1.54, 1.807) is 30.9 Å². The van der Waals surface area contributed by atoms with Gasteiger partial charge in [0.15, 0.2) is 0 Å². The van der Waals surface area contributed by atoms with Crippen molar-refractivity contribution in [3.05, 3.63) is 76.2 Å². The van der Waals surface area contributed by atoms with E-state index in [0.29, 0.717) is 27.7 Å². The average molecular weight is 396 g/mol. The number of methoxy groups -OCH3 is 1. The first-order valence-corrected chi connectivity index (χ1v) is 9.04. The molecule has 0 aliphatic heterocycles. The molecule has 142 valence electrons. The number of pyridine rings is 2. The maximum absolute atomic E-state index is 12.6. The standard InChI is InChI=1S/C20H18ClN5O2/c1-12(24-19-9-14(3-4-23-19)26-6-5-22-11-26)15-7-13-8-16(21)18(28-2)10-17(13)25-20(15)27/h3-12H,1-2H3,(H,23,24)(H,25,27)/t12-/m0/s1. The van der Waals surface area contributed by atoms with Crippen LogP contribution in [0.2, 0.25) is 5.02 Å². The summed E-state index contributed by atoms with van der Waals surface area (Å²) in [6, 6.07) is 8.85. The van der Waals surface area contributed by atoms with Crippen LogP contribution in [-0.2, 0) is 0 Å². The number of nitrogens with one attached hydrogen (secondary N) is 2. The number of hydrogen-bond acceptors (Lipinski definition) is 5. The fourth-order valence-corrected chi connectivity index (χ4v) is 3.32. The van der Waals surface area contributed by atoms with Crippen LogP contribution in [0, 0.1) is 0 Å². The summed E-state index contributed by atoms with van der Waals surface area (Å²) in [6.45, 7) is 1.91. The molecule has 4 aromatic rings. The summed E-state index contributed by atoms with van der Waals surface area (Å²) in [4.78, 5) is 23.9. The zero-order valence-electron chi connectivity index (χ0n) is 15.3. The second-order valence-electron chi connectivity index (χ2n) is 6.36. The highest BCUT2D eigenvalue weighted by Crippen LogP contribution is 2.29. The minimum Gasteiger partial charge on any atom is -0.495 e. The Balaban J connectivity index is 1.65. The lowest BCUT2D eigenvalue weighted by Crippen LogP contribution is -2.19. The molecule has 7 nitrogen and oxygen atoms in total. The highest BCUT2D eigenvalue weighted by molar-refractivity contribution is 6.32. The third-order valence-electron chi connectivity index (χ3n) is 4.52. The number of H-pyrrole nitrogens is 1. The first kappa shape index (κ1) is 18.1. The van der Waals surface area contributed by atoms with Crippen LogP contribution in [0.25, 0.3) is 16.6 Å². The van der Waals surface area contributed by atoms with Gasteiger partial charge in [0.05, 0.1) is 35.7 Å². The van der Waals surface area contributed by atoms with Crippen LogP contribution in [0.1, 0.15) is 18.5 Å². The molecular weight excluding hydrogens is 378 g/mol. The molecule has 0 aliphatic carbocycles. The van der Waals surface area contributed by atoms with Crippen molar-refractivity contribution in [3.63, 3.8) is 0 Å². The molecule has 4 rings (SSSR count). The van der Waals surface area contributed by atoms with E-state index >= 15 is 0 Å². The molecule has 0 unspecified atom stereocenters. The number of aromatic amines is 1. The molecule has 0 bridgehead atoms. The largest absolute Gasteiger partial charge is 0.495 e. The molecule has 0 saturated heterocycles. The van der Waals surface area contributed by atoms with Gasteiger partial charge in [-0.3, -0.25) is 4.79 Å². The smallest absolute Gasteiger partial charge is 0.253 e. The van der Waals surface area contributed by atoms with Crippen LogP contribution in [0.4, 0.5) is 5.82 Å². The summed E-state index contributed by atoms with van der Waals surface area (Å²) in [5, 5.41) is 4.60. The lowest BCUT2D eigenvalue weighted by atomic mass is 10.1. The first-order chi connectivity index (χ1) is 13.5. The van der Waals surface area contributed by atoms with E-state index in [4.69, 9.17) is 16.3 Å². The van der Waals surface area contributed by atoms with E-state index in [1.807, 2.05) is 35.9 Å². The molecule has 0 amide bonds. The van der Waals surface area contributed by atoms with Crippen molar-refractivity contribution < 1.29 is 4.74 Å². The van der Waals surface area contributed by atoms with Crippen molar-refractivity contribution in [3.8, 4) is 11.4 Å². The minimum absolute atomic E-state index is 0.178. The number of fused-ring (bicyclic) bond motifs is 1. The Morgan fingerprint density at radius 1 is 1.25 bits per heavy atom. The average Bonchev–Trinajstić information content (AvgIpc) is 3.22. The van der Waals surface area contributed by atoms with Gasteiger partial charge < -0.3 is 19.6 Å². The van der Waals surface area contributed by atoms with Gasteiger partial charge in [0, 0.05) is 41.7 Å². The summed E-state index contributed by atoms with van der Waals surface area (Å²) in [5.41, 5.74) is 2.00. The Labute approximate surface area is 166 Å². The van der Waals surface area contributed by atoms with Crippen molar-refractivity contribution in [2.24, 2.45) is 0 Å². The lowest BCUT2D eigenvalue weighted by Gasteiger charge is -2.16. The zero-order chi connectivity index (χ0) is 19.7. The molecule has 0 saturated carbocycles. The summed E-state index contributed by atoms with van der Waals surface area (Å²) >= 11 is 6.22. The fourth-order valence-electron chi connectivity index (χ4n) is 3.07. The van der Waals surface area contributed by atoms with Crippen LogP contribution < -0.4 is 15.6 Å². The number of anilines is 1. The van der Waals surface area contributed by atoms with Crippen molar-refractivity contribution >= 4 is 28.3 Å². The predicted octanol–water partition coefficient (Wildman–Crippen LogP) is 3.94. The lowest BCUT2D eigenvalue weighted by molar-refractivity contribution is 0.415. The number of halogens is 1. The molecule has 28 heavy (non-hydrogen) atoms. The Morgan fingerprint density at radius 3 is 2.86 bits per heavy atom. The van der Waals surface area contributed by atoms with Crippen LogP contribution >= 0.6 is 11.6 Å². The van der Waals surface area contributed by atoms with Gasteiger partial charge in [-0.2, -0.15) is 0 Å². The molecule has 0 aliphatic rings. The maximum atomic E-state index is 12.6. The van der Waals surface area contributed by atoms with Gasteiger partial charge in [-0.05, 0) is 25.1 Å². The monoisotopic (exact) mass is 395 g/mol. The van der Waals surface area contributed by atoms with Crippen LogP contribution in [0.15, 0.2) is 60.0 Å². The minimum atomic E-state index is -0.264. The highest BCUT2D eigenvalue weighted by Gasteiger charge is 2.14. The third kappa shape index (κ3) is 3.44. The third-order valence-corrected chi connectivity index (χ3v) is 4.82. The number of hydrogen-bond donors (Lipinski definition) is 2. The molecule has 1 atom stereocenters. The van der Waals surface area contributed by atoms with Crippen molar-refractivity contribution in [2.45, 2.75) is 13.0 Å². The maximum Gasteiger partial charge on any atom is 0.253 e. The zero-order valence-corrected chi connectivity index (χ0v) is 16.1. The van der Waals surface area contributed by atoms with Gasteiger partial charge in [0.2, 0.25) is 0 Å². The van der Waals surface area contributed by atoms with Crippen LogP contribution in [0.5, 0.6) is 5.75 Å². The van der Waals surface area contributed by atoms with Gasteiger partial charge in [0.25, 0.3) is 5.56 Å². The van der Waals surface area contributed by atoms with Crippen molar-refractivity contribution in [1.82, 2.24) is 19.5 Å². The Bertz CT molecular complexity index is 1190. The van der Waals surface area contributed by atoms with E-state index in [0.717, 1.165) is 11.1 Å². The highest BCUT2D eigenvalue weighted by atomic mass is 35.5. The van der Waals surface area contributed by atoms with Gasteiger partial charge in [-0.1, -0.05) is 11.6 Å². The molecule has 2 N–H and O–H groups in total. The van der Waals surface area contributed by atoms with E-state index in [-0.39, 0.29) is 11.6 Å². The van der Waals surface area contributed by atoms with Gasteiger partial charge in [0.1, 0.15) is 11.6 Å². The van der Waals surface area contributed by atoms with E-state index < -0.39 is 0 Å². The molecule has 1 aromatic carbocycles. The number of aromatic nitrogens is 4. The number of benzene rings is 1. The number of rotatable bonds is 5. The fraction of sp³-hybridized carbons (Fsp3) is 0.150. The van der Waals surface area contributed by atoms with Gasteiger partial charge >= 0.3 is 0 Å². The van der Waals surface area contributed by atoms with Gasteiger partial charge in [-0.25, -0.2) is 9.97 Å². The van der Waals surface area contributed by atoms with Crippen LogP contribution in [-0.4, -0.2) is 26.6 Å². The summed E-state index contributed by atoms with van der Waals surface area (Å²) in [6.07, 6.45) is 7.00. The SMILES string of the molecule is COc1cc2[nH]c(=O)c([C@H](C)Nc3cc(-n4ccnc4)ccn3)cc2cc1Cl. The van der Waals surface area contributed by atoms with E-state index in [9.17, 15) is 4.79 Å². The summed E-state index contributed by atoms with van der Waals surface area (Å²) in [7, 11) is 1.54. The molecule has 3 aromatic heterocycles. The van der Waals surface area contributed by atoms with Crippen LogP contribution in [0.3, 0.4) is 0 Å². The Kier molecular flexibility index (Phi) is 4.75. The summed E-state index contributed by atoms with van der Waals surface area (Å²) < 4.78 is 7.10. The van der Waals surface area contributed by atoms with Gasteiger partial charge in [-0.15, -0.1) is 0 Å². The molecular formula is C20H18ClN5O2. The van der Waals surface area contributed by atoms with E-state index in [2.05, 4.69) is 20.3 Å². The van der Waals surface area contributed by atoms with E-state index in [1.165, 1.54) is 7.11 Å². The second-order valence-corrected chi connectivity index (χ2v) is 6.77. The Hall–Kier alpha value is -3.32. The molecule has 0 radical (unpaired) electrons. The molecule has 0 fully saturated rings. The normalized spacial score (nSPS) is 12.1. The number of nitrogens with zero attached hydrogens (tertiary/aromatic N) is 3. The van der Waals surface area contributed by atoms with Crippen molar-refractivity contribution in [1.29, 1.82) is 0 Å². The first-order valence-electron chi connectivity index (χ1n) is 8.66.